The van der Waals surface area contributed by atoms with Crippen molar-refractivity contribution in [2.24, 2.45) is 0 Å². The molecule has 0 radical (unpaired) electrons. The molecule has 0 amide bonds. The fourth-order valence-electron chi connectivity index (χ4n) is 1.23. The average molecular weight is 309 g/mol. The van der Waals surface area contributed by atoms with Crippen molar-refractivity contribution in [3.8, 4) is 0 Å². The Balaban J connectivity index is 2.77. The number of hydrogen-bond acceptors (Lipinski definition) is 1. The molecule has 0 aliphatic rings. The van der Waals surface area contributed by atoms with Crippen molar-refractivity contribution in [2.45, 2.75) is 25.9 Å². The molecule has 0 heterocycles. The van der Waals surface area contributed by atoms with Crippen LogP contribution in [0, 0.1) is 5.82 Å². The van der Waals surface area contributed by atoms with Crippen molar-refractivity contribution in [3.05, 3.63) is 34.6 Å². The first kappa shape index (κ1) is 13.9. The van der Waals surface area contributed by atoms with Gasteiger partial charge in [-0.25, -0.2) is 4.39 Å². The molecule has 90 valence electrons. The lowest BCUT2D eigenvalue weighted by Crippen LogP contribution is -2.41. The summed E-state index contributed by atoms with van der Waals surface area (Å²) in [6.45, 7) is 4.97. The molecule has 0 aliphatic heterocycles. The van der Waals surface area contributed by atoms with Crippen LogP contribution in [-0.4, -0.2) is 22.8 Å². The molecule has 0 fully saturated rings. The third-order valence-electron chi connectivity index (χ3n) is 2.76. The van der Waals surface area contributed by atoms with E-state index in [0.717, 1.165) is 10.9 Å². The zero-order valence-corrected chi connectivity index (χ0v) is 12.1. The van der Waals surface area contributed by atoms with E-state index in [2.05, 4.69) is 34.7 Å². The number of rotatable bonds is 4. The van der Waals surface area contributed by atoms with Crippen molar-refractivity contribution < 1.29 is 4.39 Å². The second-order valence-electron chi connectivity index (χ2n) is 4.55. The molecule has 0 bridgehead atoms. The van der Waals surface area contributed by atoms with Gasteiger partial charge >= 0.3 is 0 Å². The molecule has 0 unspecified atom stereocenters. The highest BCUT2D eigenvalue weighted by Gasteiger charge is 2.21. The molecule has 0 aliphatic carbocycles. The normalized spacial score (nSPS) is 12.2. The second kappa shape index (κ2) is 5.48. The van der Waals surface area contributed by atoms with Crippen molar-refractivity contribution in [2.75, 3.05) is 12.4 Å². The lowest BCUT2D eigenvalue weighted by atomic mass is 10.1. The maximum atomic E-state index is 13.2. The van der Waals surface area contributed by atoms with Gasteiger partial charge in [0.05, 0.1) is 5.02 Å². The summed E-state index contributed by atoms with van der Waals surface area (Å²) in [5, 5.41) is 1.04. The molecule has 0 saturated carbocycles. The van der Waals surface area contributed by atoms with Crippen LogP contribution in [0.5, 0.6) is 0 Å². The van der Waals surface area contributed by atoms with E-state index in [-0.39, 0.29) is 16.4 Å². The van der Waals surface area contributed by atoms with Gasteiger partial charge in [0.25, 0.3) is 0 Å². The van der Waals surface area contributed by atoms with E-state index in [1.165, 1.54) is 6.07 Å². The molecule has 1 nitrogen and oxygen atoms in total. The summed E-state index contributed by atoms with van der Waals surface area (Å²) in [7, 11) is 2.02. The first-order valence-electron chi connectivity index (χ1n) is 5.08. The zero-order valence-electron chi connectivity index (χ0n) is 9.73. The van der Waals surface area contributed by atoms with Crippen LogP contribution < -0.4 is 0 Å². The van der Waals surface area contributed by atoms with Crippen LogP contribution in [-0.2, 0) is 6.54 Å². The van der Waals surface area contributed by atoms with Crippen LogP contribution in [0.25, 0.3) is 0 Å². The van der Waals surface area contributed by atoms with Gasteiger partial charge in [0.15, 0.2) is 0 Å². The summed E-state index contributed by atoms with van der Waals surface area (Å²) in [6, 6.07) is 4.94. The third kappa shape index (κ3) is 3.44. The molecule has 16 heavy (non-hydrogen) atoms. The molecular weight excluding hydrogens is 292 g/mol. The third-order valence-corrected chi connectivity index (χ3v) is 4.44. The van der Waals surface area contributed by atoms with Crippen LogP contribution in [0.1, 0.15) is 19.4 Å². The Kier molecular flexibility index (Phi) is 4.77. The van der Waals surface area contributed by atoms with E-state index in [4.69, 9.17) is 11.6 Å². The van der Waals surface area contributed by atoms with Gasteiger partial charge in [0, 0.05) is 17.4 Å². The van der Waals surface area contributed by atoms with Gasteiger partial charge in [0.1, 0.15) is 5.82 Å². The minimum Gasteiger partial charge on any atom is -0.296 e. The predicted molar refractivity (Wildman–Crippen MR) is 70.8 cm³/mol. The SMILES string of the molecule is CN(Cc1ccc(Cl)c(F)c1)C(C)(C)CBr. The maximum Gasteiger partial charge on any atom is 0.142 e. The Labute approximate surface area is 110 Å². The summed E-state index contributed by atoms with van der Waals surface area (Å²) in [6.07, 6.45) is 0. The van der Waals surface area contributed by atoms with Crippen molar-refractivity contribution in [1.82, 2.24) is 4.90 Å². The molecule has 0 aromatic heterocycles. The van der Waals surface area contributed by atoms with Crippen LogP contribution in [0.3, 0.4) is 0 Å². The van der Waals surface area contributed by atoms with Crippen molar-refractivity contribution >= 4 is 27.5 Å². The minimum atomic E-state index is -0.357. The fourth-order valence-corrected chi connectivity index (χ4v) is 1.77. The highest BCUT2D eigenvalue weighted by atomic mass is 79.9. The zero-order chi connectivity index (χ0) is 12.3. The Morgan fingerprint density at radius 2 is 2.06 bits per heavy atom. The second-order valence-corrected chi connectivity index (χ2v) is 5.52. The van der Waals surface area contributed by atoms with Crippen LogP contribution >= 0.6 is 27.5 Å². The lowest BCUT2D eigenvalue weighted by molar-refractivity contribution is 0.173. The molecule has 0 N–H and O–H groups in total. The first-order valence-corrected chi connectivity index (χ1v) is 6.58. The Morgan fingerprint density at radius 3 is 2.56 bits per heavy atom. The van der Waals surface area contributed by atoms with Gasteiger partial charge in [-0.2, -0.15) is 0 Å². The van der Waals surface area contributed by atoms with Gasteiger partial charge in [-0.1, -0.05) is 33.6 Å². The van der Waals surface area contributed by atoms with Crippen LogP contribution in [0.4, 0.5) is 4.39 Å². The average Bonchev–Trinajstić information content (AvgIpc) is 2.23. The number of halogens is 3. The largest absolute Gasteiger partial charge is 0.296 e. The molecular formula is C12H16BrClFN. The summed E-state index contributed by atoms with van der Waals surface area (Å²) < 4.78 is 13.2. The van der Waals surface area contributed by atoms with E-state index in [9.17, 15) is 4.39 Å². The first-order chi connectivity index (χ1) is 7.36. The predicted octanol–water partition coefficient (Wildman–Crippen LogP) is 4.08. The molecule has 4 heteroatoms. The van der Waals surface area contributed by atoms with E-state index >= 15 is 0 Å². The summed E-state index contributed by atoms with van der Waals surface area (Å²) in [5.41, 5.74) is 0.967. The maximum absolute atomic E-state index is 13.2. The Bertz CT molecular complexity index is 368. The highest BCUT2D eigenvalue weighted by molar-refractivity contribution is 9.09. The van der Waals surface area contributed by atoms with Gasteiger partial charge in [-0.05, 0) is 38.6 Å². The molecule has 1 aromatic rings. The van der Waals surface area contributed by atoms with E-state index < -0.39 is 0 Å². The molecule has 0 atom stereocenters. The van der Waals surface area contributed by atoms with Gasteiger partial charge in [-0.15, -0.1) is 0 Å². The standard InChI is InChI=1S/C12H16BrClFN/c1-12(2,8-13)16(3)7-9-4-5-10(14)11(15)6-9/h4-6H,7-8H2,1-3H3. The quantitative estimate of drug-likeness (QED) is 0.758. The van der Waals surface area contributed by atoms with Gasteiger partial charge in [0.2, 0.25) is 0 Å². The van der Waals surface area contributed by atoms with E-state index in [1.807, 2.05) is 13.1 Å². The van der Waals surface area contributed by atoms with Crippen molar-refractivity contribution in [1.29, 1.82) is 0 Å². The molecule has 0 spiro atoms. The summed E-state index contributed by atoms with van der Waals surface area (Å²) in [4.78, 5) is 2.17. The van der Waals surface area contributed by atoms with Crippen LogP contribution in [0.2, 0.25) is 5.02 Å². The van der Waals surface area contributed by atoms with Gasteiger partial charge < -0.3 is 0 Å². The molecule has 1 rings (SSSR count). The Morgan fingerprint density at radius 1 is 1.44 bits per heavy atom. The van der Waals surface area contributed by atoms with Crippen LogP contribution in [0.15, 0.2) is 18.2 Å². The molecule has 1 aromatic carbocycles. The van der Waals surface area contributed by atoms with Crippen molar-refractivity contribution in [3.63, 3.8) is 0 Å². The minimum absolute atomic E-state index is 0.0378. The highest BCUT2D eigenvalue weighted by Crippen LogP contribution is 2.20. The monoisotopic (exact) mass is 307 g/mol. The number of nitrogens with zero attached hydrogens (tertiary/aromatic N) is 1. The number of alkyl halides is 1. The smallest absolute Gasteiger partial charge is 0.142 e. The summed E-state index contributed by atoms with van der Waals surface area (Å²) in [5.74, 6) is -0.357. The van der Waals surface area contributed by atoms with E-state index in [1.54, 1.807) is 6.07 Å². The number of benzene rings is 1. The van der Waals surface area contributed by atoms with Gasteiger partial charge in [-0.3, -0.25) is 4.90 Å². The van der Waals surface area contributed by atoms with E-state index in [0.29, 0.717) is 6.54 Å². The number of hydrogen-bond donors (Lipinski definition) is 0. The fraction of sp³-hybridized carbons (Fsp3) is 0.500. The molecule has 0 saturated heterocycles. The lowest BCUT2D eigenvalue weighted by Gasteiger charge is -2.34. The Hall–Kier alpha value is -0.120. The summed E-state index contributed by atoms with van der Waals surface area (Å²) >= 11 is 9.11. The topological polar surface area (TPSA) is 3.24 Å².